The van der Waals surface area contributed by atoms with Crippen molar-refractivity contribution in [1.82, 2.24) is 10.2 Å². The molecule has 0 radical (unpaired) electrons. The molecule has 0 bridgehead atoms. The quantitative estimate of drug-likeness (QED) is 0.828. The molecule has 2 unspecified atom stereocenters. The van der Waals surface area contributed by atoms with Gasteiger partial charge in [-0.3, -0.25) is 0 Å². The Labute approximate surface area is 117 Å². The maximum Gasteiger partial charge on any atom is 0.151 e. The van der Waals surface area contributed by atoms with Gasteiger partial charge in [0, 0.05) is 12.1 Å². The molecule has 0 aliphatic carbocycles. The number of piperidine rings is 1. The Morgan fingerprint density at radius 3 is 2.47 bits per heavy atom. The lowest BCUT2D eigenvalue weighted by Crippen LogP contribution is -2.45. The minimum atomic E-state index is -2.76. The first kappa shape index (κ1) is 15.3. The van der Waals surface area contributed by atoms with Crippen LogP contribution >= 0.6 is 0 Å². The van der Waals surface area contributed by atoms with Crippen LogP contribution < -0.4 is 5.32 Å². The van der Waals surface area contributed by atoms with Gasteiger partial charge < -0.3 is 10.2 Å². The van der Waals surface area contributed by atoms with Crippen molar-refractivity contribution < 1.29 is 8.42 Å². The van der Waals surface area contributed by atoms with Crippen LogP contribution in [0.25, 0.3) is 0 Å². The second kappa shape index (κ2) is 6.55. The number of likely N-dealkylation sites (tertiary alicyclic amines) is 1. The van der Waals surface area contributed by atoms with Crippen LogP contribution in [0.1, 0.15) is 39.5 Å². The third kappa shape index (κ3) is 4.43. The van der Waals surface area contributed by atoms with E-state index < -0.39 is 9.84 Å². The average Bonchev–Trinajstić information content (AvgIpc) is 2.70. The van der Waals surface area contributed by atoms with Crippen molar-refractivity contribution in [3.63, 3.8) is 0 Å². The third-order valence-corrected chi connectivity index (χ3v) is 6.38. The maximum absolute atomic E-state index is 11.5. The van der Waals surface area contributed by atoms with E-state index in [-0.39, 0.29) is 6.04 Å². The molecule has 2 atom stereocenters. The first-order chi connectivity index (χ1) is 9.00. The van der Waals surface area contributed by atoms with Gasteiger partial charge in [-0.15, -0.1) is 0 Å². The van der Waals surface area contributed by atoms with E-state index in [1.165, 1.54) is 38.9 Å². The van der Waals surface area contributed by atoms with Crippen LogP contribution in [-0.4, -0.2) is 56.5 Å². The molecule has 0 amide bonds. The fourth-order valence-corrected chi connectivity index (χ4v) is 5.11. The van der Waals surface area contributed by atoms with Gasteiger partial charge in [0.05, 0.1) is 11.5 Å². The van der Waals surface area contributed by atoms with E-state index in [4.69, 9.17) is 0 Å². The standard InChI is InChI=1S/C14H28N2O2S/c1-3-7-16-8-4-13(5-9-16)12(2)15-14-6-10-19(17,18)11-14/h12-15H,3-11H2,1-2H3. The van der Waals surface area contributed by atoms with Crippen molar-refractivity contribution in [2.45, 2.75) is 51.6 Å². The first-order valence-electron chi connectivity index (χ1n) is 7.69. The second-order valence-corrected chi connectivity index (χ2v) is 8.46. The lowest BCUT2D eigenvalue weighted by Gasteiger charge is -2.36. The molecule has 2 aliphatic heterocycles. The zero-order valence-corrected chi connectivity index (χ0v) is 13.1. The topological polar surface area (TPSA) is 49.4 Å². The van der Waals surface area contributed by atoms with Crippen LogP contribution in [-0.2, 0) is 9.84 Å². The summed E-state index contributed by atoms with van der Waals surface area (Å²) < 4.78 is 22.9. The Bertz CT molecular complexity index is 375. The zero-order chi connectivity index (χ0) is 13.9. The van der Waals surface area contributed by atoms with Gasteiger partial charge in [0.2, 0.25) is 0 Å². The van der Waals surface area contributed by atoms with Gasteiger partial charge in [0.15, 0.2) is 9.84 Å². The van der Waals surface area contributed by atoms with Crippen LogP contribution in [0.15, 0.2) is 0 Å². The SMILES string of the molecule is CCCN1CCC(C(C)NC2CCS(=O)(=O)C2)CC1. The number of rotatable bonds is 5. The maximum atomic E-state index is 11.5. The highest BCUT2D eigenvalue weighted by molar-refractivity contribution is 7.91. The Hall–Kier alpha value is -0.130. The molecular formula is C14H28N2O2S. The van der Waals surface area contributed by atoms with Gasteiger partial charge in [-0.1, -0.05) is 6.92 Å². The van der Waals surface area contributed by atoms with Gasteiger partial charge in [-0.2, -0.15) is 0 Å². The fraction of sp³-hybridized carbons (Fsp3) is 1.00. The van der Waals surface area contributed by atoms with Crippen molar-refractivity contribution in [1.29, 1.82) is 0 Å². The molecule has 0 saturated carbocycles. The monoisotopic (exact) mass is 288 g/mol. The number of hydrogen-bond donors (Lipinski definition) is 1. The molecule has 0 aromatic carbocycles. The summed E-state index contributed by atoms with van der Waals surface area (Å²) >= 11 is 0. The summed E-state index contributed by atoms with van der Waals surface area (Å²) in [6.07, 6.45) is 4.51. The van der Waals surface area contributed by atoms with Crippen molar-refractivity contribution in [2.75, 3.05) is 31.1 Å². The fourth-order valence-electron chi connectivity index (χ4n) is 3.43. The summed E-state index contributed by atoms with van der Waals surface area (Å²) in [5, 5.41) is 3.55. The predicted octanol–water partition coefficient (Wildman–Crippen LogP) is 1.27. The van der Waals surface area contributed by atoms with Crippen LogP contribution in [0.4, 0.5) is 0 Å². The molecule has 1 N–H and O–H groups in total. The lowest BCUT2D eigenvalue weighted by atomic mass is 9.90. The average molecular weight is 288 g/mol. The number of nitrogens with one attached hydrogen (secondary N) is 1. The molecule has 0 spiro atoms. The van der Waals surface area contributed by atoms with E-state index in [0.717, 1.165) is 6.42 Å². The minimum absolute atomic E-state index is 0.189. The molecule has 2 heterocycles. The van der Waals surface area contributed by atoms with Crippen molar-refractivity contribution in [3.05, 3.63) is 0 Å². The molecule has 2 aliphatic rings. The first-order valence-corrected chi connectivity index (χ1v) is 9.51. The highest BCUT2D eigenvalue weighted by atomic mass is 32.2. The van der Waals surface area contributed by atoms with Gasteiger partial charge in [-0.25, -0.2) is 8.42 Å². The van der Waals surface area contributed by atoms with Crippen LogP contribution in [0.5, 0.6) is 0 Å². The highest BCUT2D eigenvalue weighted by Gasteiger charge is 2.31. The Morgan fingerprint density at radius 2 is 1.95 bits per heavy atom. The molecular weight excluding hydrogens is 260 g/mol. The van der Waals surface area contributed by atoms with Crippen LogP contribution in [0.3, 0.4) is 0 Å². The van der Waals surface area contributed by atoms with E-state index in [9.17, 15) is 8.42 Å². The number of nitrogens with zero attached hydrogens (tertiary/aromatic N) is 1. The normalized spacial score (nSPS) is 30.5. The molecule has 19 heavy (non-hydrogen) atoms. The van der Waals surface area contributed by atoms with Crippen LogP contribution in [0, 0.1) is 5.92 Å². The van der Waals surface area contributed by atoms with E-state index >= 15 is 0 Å². The second-order valence-electron chi connectivity index (χ2n) is 6.23. The Kier molecular flexibility index (Phi) is 5.26. The predicted molar refractivity (Wildman–Crippen MR) is 79.1 cm³/mol. The largest absolute Gasteiger partial charge is 0.310 e. The molecule has 0 aromatic rings. The van der Waals surface area contributed by atoms with Crippen LogP contribution in [0.2, 0.25) is 0 Å². The molecule has 5 heteroatoms. The number of hydrogen-bond acceptors (Lipinski definition) is 4. The van der Waals surface area contributed by atoms with Gasteiger partial charge in [0.1, 0.15) is 0 Å². The Morgan fingerprint density at radius 1 is 1.26 bits per heavy atom. The molecule has 2 saturated heterocycles. The zero-order valence-electron chi connectivity index (χ0n) is 12.3. The summed E-state index contributed by atoms with van der Waals surface area (Å²) in [6, 6.07) is 0.635. The van der Waals surface area contributed by atoms with E-state index in [2.05, 4.69) is 24.1 Å². The summed E-state index contributed by atoms with van der Waals surface area (Å²) in [5.41, 5.74) is 0. The van der Waals surface area contributed by atoms with Gasteiger partial charge in [-0.05, 0) is 58.2 Å². The third-order valence-electron chi connectivity index (χ3n) is 4.61. The molecule has 0 aromatic heterocycles. The van der Waals surface area contributed by atoms with Gasteiger partial charge in [0.25, 0.3) is 0 Å². The van der Waals surface area contributed by atoms with Gasteiger partial charge >= 0.3 is 0 Å². The Balaban J connectivity index is 1.74. The van der Waals surface area contributed by atoms with E-state index in [1.807, 2.05) is 0 Å². The molecule has 2 rings (SSSR count). The molecule has 2 fully saturated rings. The summed E-state index contributed by atoms with van der Waals surface area (Å²) in [6.45, 7) is 8.08. The molecule has 112 valence electrons. The van der Waals surface area contributed by atoms with Crippen molar-refractivity contribution in [3.8, 4) is 0 Å². The summed E-state index contributed by atoms with van der Waals surface area (Å²) in [4.78, 5) is 2.54. The molecule has 4 nitrogen and oxygen atoms in total. The number of sulfone groups is 1. The van der Waals surface area contributed by atoms with Crippen molar-refractivity contribution >= 4 is 9.84 Å². The highest BCUT2D eigenvalue weighted by Crippen LogP contribution is 2.22. The van der Waals surface area contributed by atoms with Crippen molar-refractivity contribution in [2.24, 2.45) is 5.92 Å². The summed E-state index contributed by atoms with van der Waals surface area (Å²) in [7, 11) is -2.76. The van der Waals surface area contributed by atoms with E-state index in [0.29, 0.717) is 23.5 Å². The lowest BCUT2D eigenvalue weighted by molar-refractivity contribution is 0.159. The smallest absolute Gasteiger partial charge is 0.151 e. The minimum Gasteiger partial charge on any atom is -0.310 e. The summed E-state index contributed by atoms with van der Waals surface area (Å²) in [5.74, 6) is 1.41. The van der Waals surface area contributed by atoms with E-state index in [1.54, 1.807) is 0 Å².